The van der Waals surface area contributed by atoms with Gasteiger partial charge in [0, 0.05) is 15.6 Å². The topological polar surface area (TPSA) is 69.2 Å². The lowest BCUT2D eigenvalue weighted by molar-refractivity contribution is -0.254. The van der Waals surface area contributed by atoms with E-state index in [1.165, 1.54) is 23.5 Å². The molecule has 2 aromatic carbocycles. The van der Waals surface area contributed by atoms with Gasteiger partial charge in [0.05, 0.1) is 16.7 Å². The molecule has 1 N–H and O–H groups in total. The average molecular weight is 331 g/mol. The predicted molar refractivity (Wildman–Crippen MR) is 85.6 cm³/mol. The number of anilines is 1. The third-order valence-electron chi connectivity index (χ3n) is 3.14. The molecule has 0 fully saturated rings. The number of nitrogens with one attached hydrogen (secondary N) is 1. The summed E-state index contributed by atoms with van der Waals surface area (Å²) in [6.07, 6.45) is 0. The van der Waals surface area contributed by atoms with Crippen LogP contribution in [0.1, 0.15) is 20.0 Å². The first kappa shape index (κ1) is 14.6. The van der Waals surface area contributed by atoms with E-state index in [2.05, 4.69) is 5.32 Å². The van der Waals surface area contributed by atoms with E-state index in [1.807, 2.05) is 24.3 Å². The van der Waals surface area contributed by atoms with Crippen LogP contribution in [0.25, 0.3) is 10.1 Å². The van der Waals surface area contributed by atoms with Crippen LogP contribution < -0.4 is 10.4 Å². The van der Waals surface area contributed by atoms with E-state index >= 15 is 0 Å². The molecule has 1 amide bonds. The maximum atomic E-state index is 12.4. The lowest BCUT2D eigenvalue weighted by Gasteiger charge is -2.10. The summed E-state index contributed by atoms with van der Waals surface area (Å²) in [4.78, 5) is 23.8. The van der Waals surface area contributed by atoms with E-state index in [0.29, 0.717) is 9.90 Å². The highest BCUT2D eigenvalue weighted by molar-refractivity contribution is 7.21. The second-order valence-electron chi connectivity index (χ2n) is 4.53. The Balaban J connectivity index is 1.98. The first-order valence-corrected chi connectivity index (χ1v) is 7.56. The van der Waals surface area contributed by atoms with Gasteiger partial charge >= 0.3 is 0 Å². The molecule has 0 atom stereocenters. The molecule has 22 heavy (non-hydrogen) atoms. The van der Waals surface area contributed by atoms with Gasteiger partial charge in [0.15, 0.2) is 0 Å². The summed E-state index contributed by atoms with van der Waals surface area (Å²) >= 11 is 7.50. The van der Waals surface area contributed by atoms with Crippen LogP contribution in [0.3, 0.4) is 0 Å². The van der Waals surface area contributed by atoms with Gasteiger partial charge in [-0.1, -0.05) is 48.0 Å². The summed E-state index contributed by atoms with van der Waals surface area (Å²) in [5.41, 5.74) is 0.106. The molecule has 0 bridgehead atoms. The minimum absolute atomic E-state index is 0.0758. The van der Waals surface area contributed by atoms with Crippen LogP contribution in [-0.2, 0) is 0 Å². The molecule has 0 aliphatic carbocycles. The van der Waals surface area contributed by atoms with Gasteiger partial charge in [-0.3, -0.25) is 4.79 Å². The number of fused-ring (bicyclic) bond motifs is 1. The summed E-state index contributed by atoms with van der Waals surface area (Å²) in [7, 11) is 0. The normalized spacial score (nSPS) is 10.6. The van der Waals surface area contributed by atoms with Crippen molar-refractivity contribution in [1.29, 1.82) is 0 Å². The van der Waals surface area contributed by atoms with Crippen LogP contribution in [-0.4, -0.2) is 11.9 Å². The quantitative estimate of drug-likeness (QED) is 0.802. The Kier molecular flexibility index (Phi) is 3.83. The van der Waals surface area contributed by atoms with Crippen molar-refractivity contribution in [1.82, 2.24) is 0 Å². The smallest absolute Gasteiger partial charge is 0.267 e. The van der Waals surface area contributed by atoms with Crippen molar-refractivity contribution in [3.8, 4) is 0 Å². The van der Waals surface area contributed by atoms with Crippen molar-refractivity contribution in [2.24, 2.45) is 0 Å². The van der Waals surface area contributed by atoms with Crippen molar-refractivity contribution in [3.05, 3.63) is 64.0 Å². The number of carbonyl (C=O) groups excluding carboxylic acids is 2. The second-order valence-corrected chi connectivity index (χ2v) is 5.96. The van der Waals surface area contributed by atoms with Crippen molar-refractivity contribution in [2.75, 3.05) is 5.32 Å². The Bertz CT molecular complexity index is 888. The summed E-state index contributed by atoms with van der Waals surface area (Å²) in [5.74, 6) is -1.79. The van der Waals surface area contributed by atoms with Crippen LogP contribution in [0.4, 0.5) is 5.69 Å². The van der Waals surface area contributed by atoms with Crippen molar-refractivity contribution in [3.63, 3.8) is 0 Å². The van der Waals surface area contributed by atoms with E-state index in [1.54, 1.807) is 12.1 Å². The molecule has 3 aromatic rings. The average Bonchev–Trinajstić information content (AvgIpc) is 2.85. The molecule has 4 nitrogen and oxygen atoms in total. The van der Waals surface area contributed by atoms with Gasteiger partial charge in [0.25, 0.3) is 5.91 Å². The minimum atomic E-state index is -1.35. The largest absolute Gasteiger partial charge is 0.545 e. The van der Waals surface area contributed by atoms with E-state index in [-0.39, 0.29) is 11.3 Å². The van der Waals surface area contributed by atoms with Crippen molar-refractivity contribution >= 4 is 50.6 Å². The highest BCUT2D eigenvalue weighted by Crippen LogP contribution is 2.35. The number of hydrogen-bond donors (Lipinski definition) is 1. The number of thiophene rings is 1. The third kappa shape index (κ3) is 2.56. The highest BCUT2D eigenvalue weighted by atomic mass is 35.5. The Hall–Kier alpha value is -2.37. The summed E-state index contributed by atoms with van der Waals surface area (Å²) in [5, 5.41) is 14.8. The number of hydrogen-bond acceptors (Lipinski definition) is 4. The second kappa shape index (κ2) is 5.79. The minimum Gasteiger partial charge on any atom is -0.545 e. The van der Waals surface area contributed by atoms with Gasteiger partial charge in [-0.05, 0) is 12.1 Å². The fourth-order valence-corrected chi connectivity index (χ4v) is 3.52. The van der Waals surface area contributed by atoms with Crippen molar-refractivity contribution < 1.29 is 14.7 Å². The van der Waals surface area contributed by atoms with Gasteiger partial charge < -0.3 is 15.2 Å². The Morgan fingerprint density at radius 1 is 1.05 bits per heavy atom. The molecule has 3 rings (SSSR count). The molecule has 1 heterocycles. The zero-order valence-corrected chi connectivity index (χ0v) is 12.7. The monoisotopic (exact) mass is 330 g/mol. The number of amides is 1. The number of carboxylic acids is 1. The van der Waals surface area contributed by atoms with Crippen LogP contribution in [0.5, 0.6) is 0 Å². The van der Waals surface area contributed by atoms with E-state index in [4.69, 9.17) is 11.6 Å². The lowest BCUT2D eigenvalue weighted by Crippen LogP contribution is -2.24. The SMILES string of the molecule is O=C([O-])c1ccccc1NC(=O)c1sc2ccccc2c1Cl. The van der Waals surface area contributed by atoms with Crippen LogP contribution in [0.2, 0.25) is 5.02 Å². The molecule has 0 aliphatic heterocycles. The fraction of sp³-hybridized carbons (Fsp3) is 0. The van der Waals surface area contributed by atoms with E-state index < -0.39 is 11.9 Å². The molecule has 1 aromatic heterocycles. The van der Waals surface area contributed by atoms with Gasteiger partial charge in [-0.25, -0.2) is 0 Å². The number of carbonyl (C=O) groups is 2. The Morgan fingerprint density at radius 2 is 1.73 bits per heavy atom. The molecule has 0 unspecified atom stereocenters. The van der Waals surface area contributed by atoms with Gasteiger partial charge in [-0.2, -0.15) is 0 Å². The van der Waals surface area contributed by atoms with Gasteiger partial charge in [-0.15, -0.1) is 11.3 Å². The molecular weight excluding hydrogens is 322 g/mol. The Labute approximate surface area is 135 Å². The van der Waals surface area contributed by atoms with E-state index in [9.17, 15) is 14.7 Å². The molecule has 0 aliphatic rings. The lowest BCUT2D eigenvalue weighted by atomic mass is 10.2. The first-order valence-electron chi connectivity index (χ1n) is 6.36. The standard InChI is InChI=1S/C16H10ClNO3S/c17-13-10-6-2-4-8-12(10)22-14(13)15(19)18-11-7-3-1-5-9(11)16(20)21/h1-8H,(H,18,19)(H,20,21)/p-1. The zero-order chi connectivity index (χ0) is 15.7. The zero-order valence-electron chi connectivity index (χ0n) is 11.1. The Morgan fingerprint density at radius 3 is 2.45 bits per heavy atom. The molecular formula is C16H9ClNO3S-. The molecule has 6 heteroatoms. The highest BCUT2D eigenvalue weighted by Gasteiger charge is 2.17. The van der Waals surface area contributed by atoms with Crippen molar-refractivity contribution in [2.45, 2.75) is 0 Å². The maximum Gasteiger partial charge on any atom is 0.267 e. The van der Waals surface area contributed by atoms with E-state index in [0.717, 1.165) is 10.1 Å². The molecule has 0 saturated heterocycles. The number of rotatable bonds is 3. The summed E-state index contributed by atoms with van der Waals surface area (Å²) < 4.78 is 0.894. The van der Waals surface area contributed by atoms with Crippen LogP contribution in [0.15, 0.2) is 48.5 Å². The van der Waals surface area contributed by atoms with Gasteiger partial charge in [0.1, 0.15) is 4.88 Å². The summed E-state index contributed by atoms with van der Waals surface area (Å²) in [6.45, 7) is 0. The van der Waals surface area contributed by atoms with Crippen LogP contribution in [0, 0.1) is 0 Å². The maximum absolute atomic E-state index is 12.4. The first-order chi connectivity index (χ1) is 10.6. The van der Waals surface area contributed by atoms with Crippen LogP contribution >= 0.6 is 22.9 Å². The number of halogens is 1. The number of benzene rings is 2. The molecule has 0 radical (unpaired) electrons. The predicted octanol–water partition coefficient (Wildman–Crippen LogP) is 3.17. The number of carboxylic acid groups (broad SMARTS) is 1. The number of aromatic carboxylic acids is 1. The summed E-state index contributed by atoms with van der Waals surface area (Å²) in [6, 6.07) is 13.5. The molecule has 0 spiro atoms. The molecule has 0 saturated carbocycles. The van der Waals surface area contributed by atoms with Gasteiger partial charge in [0.2, 0.25) is 0 Å². The fourth-order valence-electron chi connectivity index (χ4n) is 2.11. The number of para-hydroxylation sites is 1. The molecule has 110 valence electrons. The third-order valence-corrected chi connectivity index (χ3v) is 4.81.